The third-order valence-corrected chi connectivity index (χ3v) is 6.58. The summed E-state index contributed by atoms with van der Waals surface area (Å²) in [4.78, 5) is 52.5. The first kappa shape index (κ1) is 27.2. The van der Waals surface area contributed by atoms with Crippen molar-refractivity contribution in [1.82, 2.24) is 20.1 Å². The summed E-state index contributed by atoms with van der Waals surface area (Å²) in [5.74, 6) is -1.32. The minimum absolute atomic E-state index is 0.133. The van der Waals surface area contributed by atoms with E-state index in [-0.39, 0.29) is 24.9 Å². The maximum Gasteiger partial charge on any atom is 0.268 e. The van der Waals surface area contributed by atoms with Gasteiger partial charge in [0.05, 0.1) is 25.2 Å². The average molecular weight is 501 g/mol. The molecule has 10 nitrogen and oxygen atoms in total. The molecule has 1 aromatic carbocycles. The van der Waals surface area contributed by atoms with Crippen LogP contribution in [0.4, 0.5) is 0 Å². The van der Waals surface area contributed by atoms with Gasteiger partial charge < -0.3 is 29.9 Å². The highest BCUT2D eigenvalue weighted by molar-refractivity contribution is 6.02. The molecule has 1 fully saturated rings. The van der Waals surface area contributed by atoms with Crippen molar-refractivity contribution in [2.75, 3.05) is 26.8 Å². The number of ether oxygens (including phenoxy) is 1. The van der Waals surface area contributed by atoms with Crippen LogP contribution in [0.5, 0.6) is 5.75 Å². The van der Waals surface area contributed by atoms with Crippen LogP contribution in [0.2, 0.25) is 0 Å². The number of hydrogen-bond acceptors (Lipinski definition) is 6. The molecule has 36 heavy (non-hydrogen) atoms. The van der Waals surface area contributed by atoms with Crippen molar-refractivity contribution in [1.29, 1.82) is 0 Å². The first-order valence-electron chi connectivity index (χ1n) is 12.4. The number of aliphatic hydroxyl groups excluding tert-OH is 1. The molecule has 2 aromatic rings. The van der Waals surface area contributed by atoms with E-state index >= 15 is 0 Å². The highest BCUT2D eigenvalue weighted by atomic mass is 16.5. The molecule has 0 saturated carbocycles. The molecule has 2 heterocycles. The zero-order valence-corrected chi connectivity index (χ0v) is 21.4. The molecular formula is C26H36N4O6. The van der Waals surface area contributed by atoms with Gasteiger partial charge in [-0.05, 0) is 51.3 Å². The second kappa shape index (κ2) is 12.0. The molecule has 3 N–H and O–H groups in total. The SMILES string of the molecule is CCCn1c(C(=O)NCC(=O)N(C(C)C)C(CC2CCNC2=O)C(=O)CO)cc2c(OC)cccc21. The fraction of sp³-hybridized carbons (Fsp3) is 0.538. The topological polar surface area (TPSA) is 130 Å². The Kier molecular flexibility index (Phi) is 9.08. The number of methoxy groups -OCH3 is 1. The van der Waals surface area contributed by atoms with Gasteiger partial charge in [0.15, 0.2) is 5.78 Å². The molecule has 3 rings (SSSR count). The monoisotopic (exact) mass is 500 g/mol. The zero-order valence-electron chi connectivity index (χ0n) is 21.4. The molecular weight excluding hydrogens is 464 g/mol. The Labute approximate surface area is 211 Å². The van der Waals surface area contributed by atoms with Gasteiger partial charge in [-0.2, -0.15) is 0 Å². The van der Waals surface area contributed by atoms with Gasteiger partial charge in [0.1, 0.15) is 18.1 Å². The van der Waals surface area contributed by atoms with Crippen molar-refractivity contribution in [2.45, 2.75) is 58.7 Å². The summed E-state index contributed by atoms with van der Waals surface area (Å²) in [5, 5.41) is 15.8. The van der Waals surface area contributed by atoms with Crippen molar-refractivity contribution in [3.63, 3.8) is 0 Å². The second-order valence-corrected chi connectivity index (χ2v) is 9.30. The zero-order chi connectivity index (χ0) is 26.4. The molecule has 0 bridgehead atoms. The molecule has 1 aromatic heterocycles. The maximum atomic E-state index is 13.3. The number of aromatic nitrogens is 1. The Morgan fingerprint density at radius 2 is 2.06 bits per heavy atom. The van der Waals surface area contributed by atoms with E-state index in [0.29, 0.717) is 31.0 Å². The molecule has 3 amide bonds. The lowest BCUT2D eigenvalue weighted by Gasteiger charge is -2.35. The third-order valence-electron chi connectivity index (χ3n) is 6.58. The van der Waals surface area contributed by atoms with Crippen LogP contribution >= 0.6 is 0 Å². The van der Waals surface area contributed by atoms with Crippen LogP contribution < -0.4 is 15.4 Å². The van der Waals surface area contributed by atoms with Gasteiger partial charge >= 0.3 is 0 Å². The van der Waals surface area contributed by atoms with E-state index in [1.807, 2.05) is 29.7 Å². The van der Waals surface area contributed by atoms with Crippen molar-refractivity contribution < 1.29 is 29.0 Å². The van der Waals surface area contributed by atoms with E-state index in [0.717, 1.165) is 17.3 Å². The molecule has 196 valence electrons. The van der Waals surface area contributed by atoms with Crippen molar-refractivity contribution in [3.05, 3.63) is 30.0 Å². The lowest BCUT2D eigenvalue weighted by molar-refractivity contribution is -0.143. The van der Waals surface area contributed by atoms with Crippen LogP contribution in [0.15, 0.2) is 24.3 Å². The number of ketones is 1. The smallest absolute Gasteiger partial charge is 0.268 e. The number of rotatable bonds is 12. The molecule has 2 unspecified atom stereocenters. The van der Waals surface area contributed by atoms with Gasteiger partial charge in [0.2, 0.25) is 11.8 Å². The first-order valence-corrected chi connectivity index (χ1v) is 12.4. The Balaban J connectivity index is 1.81. The molecule has 0 spiro atoms. The Bertz CT molecular complexity index is 1130. The summed E-state index contributed by atoms with van der Waals surface area (Å²) in [6.07, 6.45) is 1.50. The molecule has 1 aliphatic heterocycles. The molecule has 1 aliphatic rings. The average Bonchev–Trinajstić information content (AvgIpc) is 3.44. The number of nitrogens with zero attached hydrogens (tertiary/aromatic N) is 2. The standard InChI is InChI=1S/C26H36N4O6/c1-5-11-29-19-7-6-8-23(36-4)18(19)13-21(29)26(35)28-14-24(33)30(16(2)3)20(22(32)15-31)12-17-9-10-27-25(17)34/h6-8,13,16-17,20,31H,5,9-12,14-15H2,1-4H3,(H,27,34)(H,28,35). The number of aliphatic hydroxyl groups is 1. The summed E-state index contributed by atoms with van der Waals surface area (Å²) in [6.45, 7) is 5.61. The van der Waals surface area contributed by atoms with Crippen molar-refractivity contribution >= 4 is 34.4 Å². The van der Waals surface area contributed by atoms with Crippen LogP contribution in [0, 0.1) is 5.92 Å². The van der Waals surface area contributed by atoms with Crippen LogP contribution in [0.25, 0.3) is 10.9 Å². The van der Waals surface area contributed by atoms with Gasteiger partial charge in [0.25, 0.3) is 5.91 Å². The quantitative estimate of drug-likeness (QED) is 0.405. The fourth-order valence-electron chi connectivity index (χ4n) is 4.89. The van der Waals surface area contributed by atoms with Gasteiger partial charge in [-0.1, -0.05) is 13.0 Å². The lowest BCUT2D eigenvalue weighted by Crippen LogP contribution is -2.53. The van der Waals surface area contributed by atoms with Crippen molar-refractivity contribution in [2.24, 2.45) is 5.92 Å². The van der Waals surface area contributed by atoms with Gasteiger partial charge in [-0.15, -0.1) is 0 Å². The van der Waals surface area contributed by atoms with Gasteiger partial charge in [-0.3, -0.25) is 19.2 Å². The highest BCUT2D eigenvalue weighted by Crippen LogP contribution is 2.29. The predicted molar refractivity (Wildman–Crippen MR) is 135 cm³/mol. The summed E-state index contributed by atoms with van der Waals surface area (Å²) in [6, 6.07) is 6.02. The summed E-state index contributed by atoms with van der Waals surface area (Å²) < 4.78 is 7.34. The molecule has 10 heteroatoms. The van der Waals surface area contributed by atoms with E-state index in [9.17, 15) is 24.3 Å². The molecule has 1 saturated heterocycles. The first-order chi connectivity index (χ1) is 17.2. The van der Waals surface area contributed by atoms with E-state index in [1.165, 1.54) is 4.90 Å². The van der Waals surface area contributed by atoms with Gasteiger partial charge in [0, 0.05) is 30.4 Å². The minimum Gasteiger partial charge on any atom is -0.496 e. The Hall–Kier alpha value is -3.40. The maximum absolute atomic E-state index is 13.3. The van der Waals surface area contributed by atoms with E-state index in [2.05, 4.69) is 10.6 Å². The number of aryl methyl sites for hydroxylation is 1. The normalized spacial score (nSPS) is 16.2. The van der Waals surface area contributed by atoms with E-state index in [4.69, 9.17) is 4.74 Å². The van der Waals surface area contributed by atoms with E-state index in [1.54, 1.807) is 27.0 Å². The minimum atomic E-state index is -0.955. The summed E-state index contributed by atoms with van der Waals surface area (Å²) in [5.41, 5.74) is 1.27. The van der Waals surface area contributed by atoms with Crippen LogP contribution in [-0.4, -0.2) is 77.0 Å². The van der Waals surface area contributed by atoms with Crippen molar-refractivity contribution in [3.8, 4) is 5.75 Å². The van der Waals surface area contributed by atoms with E-state index < -0.39 is 36.2 Å². The fourth-order valence-corrected chi connectivity index (χ4v) is 4.89. The summed E-state index contributed by atoms with van der Waals surface area (Å²) in [7, 11) is 1.57. The number of carbonyl (C=O) groups excluding carboxylic acids is 4. The second-order valence-electron chi connectivity index (χ2n) is 9.30. The van der Waals surface area contributed by atoms with Crippen LogP contribution in [0.1, 0.15) is 50.5 Å². The number of fused-ring (bicyclic) bond motifs is 1. The summed E-state index contributed by atoms with van der Waals surface area (Å²) >= 11 is 0. The number of Topliss-reactive ketones (excluding diaryl/α,β-unsaturated/α-hetero) is 1. The number of amides is 3. The number of nitrogens with one attached hydrogen (secondary N) is 2. The number of benzene rings is 1. The van der Waals surface area contributed by atoms with Crippen LogP contribution in [0.3, 0.4) is 0 Å². The largest absolute Gasteiger partial charge is 0.496 e. The Morgan fingerprint density at radius 3 is 2.64 bits per heavy atom. The molecule has 2 atom stereocenters. The highest BCUT2D eigenvalue weighted by Gasteiger charge is 2.36. The number of carbonyl (C=O) groups is 4. The Morgan fingerprint density at radius 1 is 1.31 bits per heavy atom. The molecule has 0 radical (unpaired) electrons. The van der Waals surface area contributed by atoms with Gasteiger partial charge in [-0.25, -0.2) is 0 Å². The van der Waals surface area contributed by atoms with Crippen LogP contribution in [-0.2, 0) is 20.9 Å². The predicted octanol–water partition coefficient (Wildman–Crippen LogP) is 1.48. The third kappa shape index (κ3) is 5.70. The lowest BCUT2D eigenvalue weighted by atomic mass is 9.94. The molecule has 0 aliphatic carbocycles. The number of hydrogen-bond donors (Lipinski definition) is 3.